The van der Waals surface area contributed by atoms with E-state index in [4.69, 9.17) is 5.11 Å². The lowest BCUT2D eigenvalue weighted by molar-refractivity contribution is -0.136. The van der Waals surface area contributed by atoms with Gasteiger partial charge in [-0.15, -0.1) is 0 Å². The summed E-state index contributed by atoms with van der Waals surface area (Å²) in [6, 6.07) is 15.2. The Labute approximate surface area is 170 Å². The first kappa shape index (κ1) is 21.8. The number of aryl methyl sites for hydroxylation is 3. The molecule has 0 saturated carbocycles. The summed E-state index contributed by atoms with van der Waals surface area (Å²) < 4.78 is 0. The second-order valence-corrected chi connectivity index (χ2v) is 6.78. The summed E-state index contributed by atoms with van der Waals surface area (Å²) in [7, 11) is 0. The van der Waals surface area contributed by atoms with Gasteiger partial charge in [0.1, 0.15) is 0 Å². The molecule has 0 aliphatic rings. The SMILES string of the molecule is Cc1ccc(CC(=O)O)cn1.Cc1ccc(NC(=O)Cc2ccc(C)nc2)cc1. The molecule has 2 aromatic heterocycles. The molecular weight excluding hydrogens is 366 g/mol. The first-order chi connectivity index (χ1) is 13.8. The van der Waals surface area contributed by atoms with Crippen LogP contribution in [0.3, 0.4) is 0 Å². The number of carboxylic acids is 1. The predicted molar refractivity (Wildman–Crippen MR) is 113 cm³/mol. The first-order valence-electron chi connectivity index (χ1n) is 9.23. The van der Waals surface area contributed by atoms with Crippen LogP contribution in [0.5, 0.6) is 0 Å². The smallest absolute Gasteiger partial charge is 0.307 e. The lowest BCUT2D eigenvalue weighted by atomic mass is 10.2. The van der Waals surface area contributed by atoms with Gasteiger partial charge in [0.2, 0.25) is 5.91 Å². The molecule has 0 spiro atoms. The molecule has 2 N–H and O–H groups in total. The van der Waals surface area contributed by atoms with Crippen LogP contribution >= 0.6 is 0 Å². The summed E-state index contributed by atoms with van der Waals surface area (Å²) in [6.07, 6.45) is 3.72. The van der Waals surface area contributed by atoms with Crippen LogP contribution in [0.25, 0.3) is 0 Å². The maximum absolute atomic E-state index is 11.8. The second-order valence-electron chi connectivity index (χ2n) is 6.78. The van der Waals surface area contributed by atoms with E-state index in [9.17, 15) is 9.59 Å². The Morgan fingerprint density at radius 3 is 1.76 bits per heavy atom. The largest absolute Gasteiger partial charge is 0.481 e. The van der Waals surface area contributed by atoms with Gasteiger partial charge in [-0.2, -0.15) is 0 Å². The van der Waals surface area contributed by atoms with E-state index in [0.29, 0.717) is 6.42 Å². The van der Waals surface area contributed by atoms with E-state index in [1.165, 1.54) is 5.56 Å². The Morgan fingerprint density at radius 1 is 0.793 bits per heavy atom. The van der Waals surface area contributed by atoms with E-state index >= 15 is 0 Å². The highest BCUT2D eigenvalue weighted by Gasteiger charge is 2.04. The minimum atomic E-state index is -0.823. The number of aliphatic carboxylic acids is 1. The fourth-order valence-electron chi connectivity index (χ4n) is 2.41. The van der Waals surface area contributed by atoms with Crippen LogP contribution in [0.15, 0.2) is 60.9 Å². The van der Waals surface area contributed by atoms with Crippen LogP contribution in [0, 0.1) is 20.8 Å². The Balaban J connectivity index is 0.000000234. The molecule has 0 aliphatic heterocycles. The molecule has 0 saturated heterocycles. The fourth-order valence-corrected chi connectivity index (χ4v) is 2.41. The van der Waals surface area contributed by atoms with Gasteiger partial charge in [0.25, 0.3) is 0 Å². The molecule has 1 aromatic carbocycles. The molecule has 2 heterocycles. The number of aromatic nitrogens is 2. The lowest BCUT2D eigenvalue weighted by Gasteiger charge is -2.05. The normalized spacial score (nSPS) is 9.90. The maximum atomic E-state index is 11.8. The molecule has 0 aliphatic carbocycles. The number of pyridine rings is 2. The van der Waals surface area contributed by atoms with Crippen molar-refractivity contribution in [1.82, 2.24) is 9.97 Å². The fraction of sp³-hybridized carbons (Fsp3) is 0.217. The van der Waals surface area contributed by atoms with Crippen LogP contribution in [0.4, 0.5) is 5.69 Å². The average molecular weight is 391 g/mol. The van der Waals surface area contributed by atoms with Crippen LogP contribution in [-0.4, -0.2) is 27.0 Å². The van der Waals surface area contributed by atoms with Gasteiger partial charge >= 0.3 is 5.97 Å². The quantitative estimate of drug-likeness (QED) is 0.688. The number of carboxylic acid groups (broad SMARTS) is 1. The number of carbonyl (C=O) groups is 2. The predicted octanol–water partition coefficient (Wildman–Crippen LogP) is 3.90. The summed E-state index contributed by atoms with van der Waals surface area (Å²) in [4.78, 5) is 30.2. The van der Waals surface area contributed by atoms with Crippen LogP contribution in [0.1, 0.15) is 28.1 Å². The molecule has 0 atom stereocenters. The monoisotopic (exact) mass is 391 g/mol. The molecule has 150 valence electrons. The minimum Gasteiger partial charge on any atom is -0.481 e. The van der Waals surface area contributed by atoms with Gasteiger partial charge in [0, 0.05) is 29.5 Å². The Kier molecular flexibility index (Phi) is 8.03. The van der Waals surface area contributed by atoms with Gasteiger partial charge < -0.3 is 10.4 Å². The van der Waals surface area contributed by atoms with Crippen molar-refractivity contribution in [2.75, 3.05) is 5.32 Å². The highest BCUT2D eigenvalue weighted by atomic mass is 16.4. The van der Waals surface area contributed by atoms with Gasteiger partial charge in [0.15, 0.2) is 0 Å². The van der Waals surface area contributed by atoms with Gasteiger partial charge in [-0.3, -0.25) is 19.6 Å². The molecule has 1 amide bonds. The molecular formula is C23H25N3O3. The number of nitrogens with one attached hydrogen (secondary N) is 1. The molecule has 3 rings (SSSR count). The van der Waals surface area contributed by atoms with E-state index in [-0.39, 0.29) is 12.3 Å². The zero-order chi connectivity index (χ0) is 21.2. The number of hydrogen-bond donors (Lipinski definition) is 2. The molecule has 6 heteroatoms. The van der Waals surface area contributed by atoms with E-state index in [1.807, 2.05) is 57.2 Å². The van der Waals surface area contributed by atoms with Gasteiger partial charge in [-0.05, 0) is 56.2 Å². The number of hydrogen-bond acceptors (Lipinski definition) is 4. The molecule has 3 aromatic rings. The number of carbonyl (C=O) groups excluding carboxylic acids is 1. The summed E-state index contributed by atoms with van der Waals surface area (Å²) in [6.45, 7) is 5.81. The Bertz CT molecular complexity index is 885. The molecule has 0 radical (unpaired) electrons. The summed E-state index contributed by atoms with van der Waals surface area (Å²) in [5.74, 6) is -0.847. The average Bonchev–Trinajstić information content (AvgIpc) is 2.67. The number of nitrogens with zero attached hydrogens (tertiary/aromatic N) is 2. The van der Waals surface area contributed by atoms with Crippen molar-refractivity contribution in [3.8, 4) is 0 Å². The van der Waals surface area contributed by atoms with Crippen molar-refractivity contribution in [3.05, 3.63) is 89.0 Å². The topological polar surface area (TPSA) is 92.2 Å². The highest BCUT2D eigenvalue weighted by molar-refractivity contribution is 5.92. The zero-order valence-corrected chi connectivity index (χ0v) is 16.8. The van der Waals surface area contributed by atoms with Crippen LogP contribution in [0.2, 0.25) is 0 Å². The van der Waals surface area contributed by atoms with Crippen LogP contribution in [-0.2, 0) is 22.4 Å². The molecule has 0 bridgehead atoms. The molecule has 29 heavy (non-hydrogen) atoms. The van der Waals surface area contributed by atoms with Crippen molar-refractivity contribution in [2.45, 2.75) is 33.6 Å². The standard InChI is InChI=1S/C15H16N2O.C8H9NO2/c1-11-3-7-14(8-4-11)17-15(18)9-13-6-5-12(2)16-10-13;1-6-2-3-7(5-9-6)4-8(10)11/h3-8,10H,9H2,1-2H3,(H,17,18);2-3,5H,4H2,1H3,(H,10,11). The van der Waals surface area contributed by atoms with Crippen molar-refractivity contribution >= 4 is 17.6 Å². The van der Waals surface area contributed by atoms with Gasteiger partial charge in [-0.1, -0.05) is 29.8 Å². The van der Waals surface area contributed by atoms with Crippen molar-refractivity contribution in [1.29, 1.82) is 0 Å². The van der Waals surface area contributed by atoms with E-state index in [1.54, 1.807) is 24.5 Å². The zero-order valence-electron chi connectivity index (χ0n) is 16.8. The van der Waals surface area contributed by atoms with Crippen molar-refractivity contribution in [2.24, 2.45) is 0 Å². The third-order valence-corrected chi connectivity index (χ3v) is 4.00. The summed E-state index contributed by atoms with van der Waals surface area (Å²) in [5, 5.41) is 11.3. The van der Waals surface area contributed by atoms with Crippen molar-refractivity contribution < 1.29 is 14.7 Å². The number of rotatable bonds is 5. The third kappa shape index (κ3) is 8.34. The molecule has 0 fully saturated rings. The Hall–Kier alpha value is -3.54. The van der Waals surface area contributed by atoms with Gasteiger partial charge in [0.05, 0.1) is 12.8 Å². The Morgan fingerprint density at radius 2 is 1.31 bits per heavy atom. The minimum absolute atomic E-state index is 0.0236. The van der Waals surface area contributed by atoms with Gasteiger partial charge in [-0.25, -0.2) is 0 Å². The van der Waals surface area contributed by atoms with E-state index < -0.39 is 5.97 Å². The lowest BCUT2D eigenvalue weighted by Crippen LogP contribution is -2.14. The molecule has 0 unspecified atom stereocenters. The highest BCUT2D eigenvalue weighted by Crippen LogP contribution is 2.09. The van der Waals surface area contributed by atoms with E-state index in [0.717, 1.165) is 28.2 Å². The summed E-state index contributed by atoms with van der Waals surface area (Å²) >= 11 is 0. The van der Waals surface area contributed by atoms with Crippen molar-refractivity contribution in [3.63, 3.8) is 0 Å². The number of anilines is 1. The number of amides is 1. The second kappa shape index (κ2) is 10.7. The number of benzene rings is 1. The van der Waals surface area contributed by atoms with Crippen LogP contribution < -0.4 is 5.32 Å². The molecule has 6 nitrogen and oxygen atoms in total. The van der Waals surface area contributed by atoms with E-state index in [2.05, 4.69) is 15.3 Å². The maximum Gasteiger partial charge on any atom is 0.307 e. The third-order valence-electron chi connectivity index (χ3n) is 4.00. The summed E-state index contributed by atoms with van der Waals surface area (Å²) in [5.41, 5.74) is 5.52. The first-order valence-corrected chi connectivity index (χ1v) is 9.23.